The molecular formula is C24H19Cl2NO3S. The molecule has 2 amide bonds. The molecule has 4 rings (SSSR count). The highest BCUT2D eigenvalue weighted by Gasteiger charge is 2.39. The zero-order valence-corrected chi connectivity index (χ0v) is 18.8. The minimum Gasteiger partial charge on any atom is -0.489 e. The fraction of sp³-hybridized carbons (Fsp3) is 0.167. The third-order valence-electron chi connectivity index (χ3n) is 4.98. The van der Waals surface area contributed by atoms with E-state index in [1.807, 2.05) is 60.7 Å². The SMILES string of the molecule is O=C1S[C@@H](Cc2ccccc2OCc2ccccc2Cl)C(=O)N1Cc1ccc(Cl)cc1. The lowest BCUT2D eigenvalue weighted by Gasteiger charge is -2.15. The molecule has 0 bridgehead atoms. The van der Waals surface area contributed by atoms with Crippen molar-refractivity contribution in [3.8, 4) is 5.75 Å². The first kappa shape index (κ1) is 21.8. The summed E-state index contributed by atoms with van der Waals surface area (Å²) < 4.78 is 5.99. The molecule has 0 radical (unpaired) electrons. The molecule has 0 aromatic heterocycles. The summed E-state index contributed by atoms with van der Waals surface area (Å²) in [6, 6.07) is 22.2. The first-order chi connectivity index (χ1) is 15.0. The largest absolute Gasteiger partial charge is 0.489 e. The van der Waals surface area contributed by atoms with Crippen LogP contribution in [0.15, 0.2) is 72.8 Å². The minimum atomic E-state index is -0.482. The van der Waals surface area contributed by atoms with Crippen LogP contribution >= 0.6 is 35.0 Å². The molecule has 158 valence electrons. The van der Waals surface area contributed by atoms with E-state index in [4.69, 9.17) is 27.9 Å². The summed E-state index contributed by atoms with van der Waals surface area (Å²) in [7, 11) is 0. The van der Waals surface area contributed by atoms with Gasteiger partial charge in [-0.05, 0) is 41.8 Å². The van der Waals surface area contributed by atoms with Crippen LogP contribution in [0.4, 0.5) is 4.79 Å². The number of ether oxygens (including phenoxy) is 1. The zero-order chi connectivity index (χ0) is 21.8. The van der Waals surface area contributed by atoms with Crippen molar-refractivity contribution < 1.29 is 14.3 Å². The molecule has 1 fully saturated rings. The maximum atomic E-state index is 12.9. The molecule has 1 aliphatic heterocycles. The van der Waals surface area contributed by atoms with Gasteiger partial charge in [-0.25, -0.2) is 0 Å². The summed E-state index contributed by atoms with van der Waals surface area (Å²) in [6.07, 6.45) is 0.408. The van der Waals surface area contributed by atoms with Gasteiger partial charge in [0.1, 0.15) is 12.4 Å². The molecule has 1 atom stereocenters. The number of benzene rings is 3. The van der Waals surface area contributed by atoms with Gasteiger partial charge >= 0.3 is 0 Å². The van der Waals surface area contributed by atoms with Crippen molar-refractivity contribution >= 4 is 46.1 Å². The molecular weight excluding hydrogens is 453 g/mol. The van der Waals surface area contributed by atoms with E-state index in [2.05, 4.69) is 0 Å². The number of hydrogen-bond donors (Lipinski definition) is 0. The van der Waals surface area contributed by atoms with Crippen LogP contribution in [-0.2, 0) is 24.4 Å². The molecule has 1 heterocycles. The Morgan fingerprint density at radius 2 is 1.55 bits per heavy atom. The Kier molecular flexibility index (Phi) is 6.86. The minimum absolute atomic E-state index is 0.189. The molecule has 7 heteroatoms. The van der Waals surface area contributed by atoms with Crippen LogP contribution in [0, 0.1) is 0 Å². The van der Waals surface area contributed by atoms with Crippen molar-refractivity contribution in [3.05, 3.63) is 99.5 Å². The summed E-state index contributed by atoms with van der Waals surface area (Å²) >= 11 is 13.2. The van der Waals surface area contributed by atoms with Gasteiger partial charge in [0.05, 0.1) is 11.8 Å². The van der Waals surface area contributed by atoms with Gasteiger partial charge in [-0.1, -0.05) is 83.5 Å². The molecule has 0 saturated carbocycles. The number of thioether (sulfide) groups is 1. The number of imide groups is 1. The lowest BCUT2D eigenvalue weighted by Crippen LogP contribution is -2.31. The third-order valence-corrected chi connectivity index (χ3v) is 6.67. The highest BCUT2D eigenvalue weighted by Crippen LogP contribution is 2.33. The number of nitrogens with zero attached hydrogens (tertiary/aromatic N) is 1. The van der Waals surface area contributed by atoms with Gasteiger partial charge < -0.3 is 4.74 Å². The van der Waals surface area contributed by atoms with Gasteiger partial charge in [-0.3, -0.25) is 14.5 Å². The Balaban J connectivity index is 1.44. The van der Waals surface area contributed by atoms with E-state index < -0.39 is 5.25 Å². The number of para-hydroxylation sites is 1. The Bertz CT molecular complexity index is 1100. The molecule has 0 aliphatic carbocycles. The lowest BCUT2D eigenvalue weighted by molar-refractivity contribution is -0.127. The van der Waals surface area contributed by atoms with Crippen LogP contribution < -0.4 is 4.74 Å². The van der Waals surface area contributed by atoms with Crippen LogP contribution in [-0.4, -0.2) is 21.3 Å². The van der Waals surface area contributed by atoms with Crippen LogP contribution in [0.1, 0.15) is 16.7 Å². The third kappa shape index (κ3) is 5.24. The number of hydrogen-bond acceptors (Lipinski definition) is 4. The smallest absolute Gasteiger partial charge is 0.289 e. The second-order valence-corrected chi connectivity index (χ2v) is 9.11. The van der Waals surface area contributed by atoms with Crippen molar-refractivity contribution in [1.29, 1.82) is 0 Å². The normalized spacial score (nSPS) is 16.1. The van der Waals surface area contributed by atoms with Crippen molar-refractivity contribution in [2.24, 2.45) is 0 Å². The van der Waals surface area contributed by atoms with Crippen LogP contribution in [0.25, 0.3) is 0 Å². The van der Waals surface area contributed by atoms with Gasteiger partial charge in [-0.15, -0.1) is 0 Å². The molecule has 3 aromatic carbocycles. The Morgan fingerprint density at radius 1 is 0.871 bits per heavy atom. The van der Waals surface area contributed by atoms with E-state index in [0.717, 1.165) is 28.5 Å². The van der Waals surface area contributed by atoms with Crippen molar-refractivity contribution in [2.45, 2.75) is 24.8 Å². The molecule has 31 heavy (non-hydrogen) atoms. The number of rotatable bonds is 7. The molecule has 0 spiro atoms. The van der Waals surface area contributed by atoms with Crippen molar-refractivity contribution in [2.75, 3.05) is 0 Å². The number of carbonyl (C=O) groups excluding carboxylic acids is 2. The quantitative estimate of drug-likeness (QED) is 0.401. The van der Waals surface area contributed by atoms with Crippen molar-refractivity contribution in [1.82, 2.24) is 4.90 Å². The molecule has 1 aliphatic rings. The first-order valence-electron chi connectivity index (χ1n) is 9.72. The van der Waals surface area contributed by atoms with E-state index in [-0.39, 0.29) is 17.7 Å². The van der Waals surface area contributed by atoms with Gasteiger partial charge in [0.2, 0.25) is 5.91 Å². The topological polar surface area (TPSA) is 46.6 Å². The van der Waals surface area contributed by atoms with Gasteiger partial charge in [0.25, 0.3) is 5.24 Å². The number of carbonyl (C=O) groups is 2. The lowest BCUT2D eigenvalue weighted by atomic mass is 10.1. The zero-order valence-electron chi connectivity index (χ0n) is 16.5. The summed E-state index contributed by atoms with van der Waals surface area (Å²) in [5.74, 6) is 0.491. The highest BCUT2D eigenvalue weighted by molar-refractivity contribution is 8.15. The molecule has 0 unspecified atom stereocenters. The predicted molar refractivity (Wildman–Crippen MR) is 125 cm³/mol. The molecule has 1 saturated heterocycles. The fourth-order valence-electron chi connectivity index (χ4n) is 3.33. The van der Waals surface area contributed by atoms with Crippen molar-refractivity contribution in [3.63, 3.8) is 0 Å². The second kappa shape index (κ2) is 9.77. The molecule has 4 nitrogen and oxygen atoms in total. The van der Waals surface area contributed by atoms with Gasteiger partial charge in [0, 0.05) is 15.6 Å². The van der Waals surface area contributed by atoms with E-state index in [1.54, 1.807) is 12.1 Å². The number of amides is 2. The summed E-state index contributed by atoms with van der Waals surface area (Å²) in [5.41, 5.74) is 2.62. The van der Waals surface area contributed by atoms with E-state index in [9.17, 15) is 9.59 Å². The van der Waals surface area contributed by atoms with Gasteiger partial charge in [-0.2, -0.15) is 0 Å². The maximum absolute atomic E-state index is 12.9. The monoisotopic (exact) mass is 471 g/mol. The molecule has 3 aromatic rings. The van der Waals surface area contributed by atoms with Crippen LogP contribution in [0.2, 0.25) is 10.0 Å². The van der Waals surface area contributed by atoms with E-state index in [1.165, 1.54) is 4.90 Å². The maximum Gasteiger partial charge on any atom is 0.289 e. The second-order valence-electron chi connectivity index (χ2n) is 7.12. The predicted octanol–water partition coefficient (Wildman–Crippen LogP) is 6.38. The van der Waals surface area contributed by atoms with E-state index >= 15 is 0 Å². The van der Waals surface area contributed by atoms with E-state index in [0.29, 0.717) is 28.8 Å². The first-order valence-corrected chi connectivity index (χ1v) is 11.4. The Hall–Kier alpha value is -2.47. The average Bonchev–Trinajstić information content (AvgIpc) is 3.03. The average molecular weight is 472 g/mol. The van der Waals surface area contributed by atoms with Gasteiger partial charge in [0.15, 0.2) is 0 Å². The summed E-state index contributed by atoms with van der Waals surface area (Å²) in [4.78, 5) is 26.7. The fourth-order valence-corrected chi connectivity index (χ4v) is 4.66. The Morgan fingerprint density at radius 3 is 2.29 bits per heavy atom. The summed E-state index contributed by atoms with van der Waals surface area (Å²) in [6.45, 7) is 0.563. The molecule has 0 N–H and O–H groups in total. The van der Waals surface area contributed by atoms with Crippen LogP contribution in [0.3, 0.4) is 0 Å². The highest BCUT2D eigenvalue weighted by atomic mass is 35.5. The summed E-state index contributed by atoms with van der Waals surface area (Å²) in [5, 5.41) is 0.540. The standard InChI is InChI=1S/C24H19Cl2NO3S/c25-19-11-9-16(10-12-19)14-27-23(28)22(31-24(27)29)13-17-5-2-4-8-21(17)30-15-18-6-1-3-7-20(18)26/h1-12,22H,13-15H2/t22-/m0/s1. The van der Waals surface area contributed by atoms with Crippen LogP contribution in [0.5, 0.6) is 5.75 Å². The number of halogens is 2. The Labute approximate surface area is 195 Å².